The number of carbonyl (C=O) groups is 1. The smallest absolute Gasteiger partial charge is 0.233 e. The number of nitrogens with zero attached hydrogens (tertiary/aromatic N) is 2. The number of aromatic nitrogens is 2. The fraction of sp³-hybridized carbons (Fsp3) is 0.211. The number of nitrogens with one attached hydrogen (secondary N) is 1. The van der Waals surface area contributed by atoms with Crippen molar-refractivity contribution >= 4 is 22.8 Å². The minimum atomic E-state index is -0.281. The van der Waals surface area contributed by atoms with Crippen molar-refractivity contribution in [3.63, 3.8) is 0 Å². The van der Waals surface area contributed by atoms with E-state index in [1.54, 1.807) is 12.1 Å². The Balaban J connectivity index is 2.13. The highest BCUT2D eigenvalue weighted by Crippen LogP contribution is 2.30. The third-order valence-corrected chi connectivity index (χ3v) is 3.47. The third kappa shape index (κ3) is 3.91. The summed E-state index contributed by atoms with van der Waals surface area (Å²) in [5, 5.41) is 3.31. The highest BCUT2D eigenvalue weighted by molar-refractivity contribution is 5.92. The molecule has 1 heterocycles. The summed E-state index contributed by atoms with van der Waals surface area (Å²) in [5.74, 6) is 0.0623. The first kappa shape index (κ1) is 16.8. The Labute approximate surface area is 144 Å². The first-order chi connectivity index (χ1) is 11.9. The number of hydrogen-bond acceptors (Lipinski definition) is 4. The van der Waals surface area contributed by atoms with Gasteiger partial charge in [-0.15, -0.1) is 0 Å². The summed E-state index contributed by atoms with van der Waals surface area (Å²) in [5.41, 5.74) is 2.43. The van der Waals surface area contributed by atoms with Gasteiger partial charge in [0.2, 0.25) is 17.7 Å². The molecule has 128 valence electrons. The van der Waals surface area contributed by atoms with Gasteiger partial charge in [-0.1, -0.05) is 18.2 Å². The van der Waals surface area contributed by atoms with Gasteiger partial charge in [0.25, 0.3) is 0 Å². The molecule has 1 N–H and O–H groups in total. The van der Waals surface area contributed by atoms with Gasteiger partial charge in [-0.05, 0) is 49.2 Å². The molecule has 1 amide bonds. The maximum Gasteiger partial charge on any atom is 0.233 e. The van der Waals surface area contributed by atoms with Crippen molar-refractivity contribution in [2.24, 2.45) is 0 Å². The Morgan fingerprint density at radius 2 is 1.76 bits per heavy atom. The molecular formula is C19H18FN3O2. The molecule has 0 bridgehead atoms. The molecule has 0 saturated carbocycles. The average molecular weight is 339 g/mol. The van der Waals surface area contributed by atoms with Gasteiger partial charge in [-0.2, -0.15) is 4.98 Å². The number of rotatable bonds is 4. The van der Waals surface area contributed by atoms with Crippen LogP contribution >= 0.6 is 0 Å². The van der Waals surface area contributed by atoms with E-state index in [1.807, 2.05) is 32.0 Å². The fourth-order valence-electron chi connectivity index (χ4n) is 2.45. The maximum absolute atomic E-state index is 13.1. The Morgan fingerprint density at radius 1 is 1.08 bits per heavy atom. The first-order valence-corrected chi connectivity index (χ1v) is 7.94. The topological polar surface area (TPSA) is 64.1 Å². The monoisotopic (exact) mass is 339 g/mol. The molecule has 25 heavy (non-hydrogen) atoms. The average Bonchev–Trinajstić information content (AvgIpc) is 2.54. The summed E-state index contributed by atoms with van der Waals surface area (Å²) in [6.45, 7) is 5.19. The molecular weight excluding hydrogens is 321 g/mol. The van der Waals surface area contributed by atoms with Crippen LogP contribution in [0.25, 0.3) is 22.0 Å². The molecule has 0 aliphatic rings. The van der Waals surface area contributed by atoms with E-state index in [9.17, 15) is 9.18 Å². The van der Waals surface area contributed by atoms with Gasteiger partial charge in [-0.25, -0.2) is 9.37 Å². The van der Waals surface area contributed by atoms with Gasteiger partial charge in [0.05, 0.1) is 17.0 Å². The second kappa shape index (κ2) is 6.84. The lowest BCUT2D eigenvalue weighted by Crippen LogP contribution is -2.12. The Morgan fingerprint density at radius 3 is 2.40 bits per heavy atom. The van der Waals surface area contributed by atoms with Crippen molar-refractivity contribution in [3.05, 3.63) is 48.3 Å². The van der Waals surface area contributed by atoms with Crippen LogP contribution in [0.5, 0.6) is 5.88 Å². The predicted molar refractivity (Wildman–Crippen MR) is 95.0 cm³/mol. The van der Waals surface area contributed by atoms with Gasteiger partial charge in [0.1, 0.15) is 5.82 Å². The number of amides is 1. The number of hydrogen-bond donors (Lipinski definition) is 1. The summed E-state index contributed by atoms with van der Waals surface area (Å²) >= 11 is 0. The van der Waals surface area contributed by atoms with Crippen molar-refractivity contribution < 1.29 is 13.9 Å². The standard InChI is InChI=1S/C19H18FN3O2/c1-11(2)25-18-16-10-14(13-4-7-15(20)8-5-13)6-9-17(16)22-19(23-18)21-12(3)24/h4-11H,1-3H3,(H,21,22,23,24). The number of halogens is 1. The normalized spacial score (nSPS) is 10.9. The Hall–Kier alpha value is -3.02. The lowest BCUT2D eigenvalue weighted by Gasteiger charge is -2.13. The van der Waals surface area contributed by atoms with E-state index in [4.69, 9.17) is 4.74 Å². The van der Waals surface area contributed by atoms with Crippen molar-refractivity contribution in [2.75, 3.05) is 5.32 Å². The molecule has 0 fully saturated rings. The quantitative estimate of drug-likeness (QED) is 0.774. The number of benzene rings is 2. The summed E-state index contributed by atoms with van der Waals surface area (Å²) in [6.07, 6.45) is -0.0854. The maximum atomic E-state index is 13.1. The number of anilines is 1. The van der Waals surface area contributed by atoms with Crippen LogP contribution < -0.4 is 10.1 Å². The van der Waals surface area contributed by atoms with E-state index in [1.165, 1.54) is 19.1 Å². The van der Waals surface area contributed by atoms with E-state index >= 15 is 0 Å². The van der Waals surface area contributed by atoms with E-state index in [2.05, 4.69) is 15.3 Å². The van der Waals surface area contributed by atoms with Crippen molar-refractivity contribution in [1.82, 2.24) is 9.97 Å². The molecule has 0 spiro atoms. The van der Waals surface area contributed by atoms with Crippen molar-refractivity contribution in [3.8, 4) is 17.0 Å². The van der Waals surface area contributed by atoms with Crippen LogP contribution in [0.15, 0.2) is 42.5 Å². The third-order valence-electron chi connectivity index (χ3n) is 3.47. The highest BCUT2D eigenvalue weighted by atomic mass is 19.1. The zero-order valence-electron chi connectivity index (χ0n) is 14.2. The van der Waals surface area contributed by atoms with E-state index in [0.29, 0.717) is 11.4 Å². The molecule has 6 heteroatoms. The molecule has 0 aliphatic heterocycles. The van der Waals surface area contributed by atoms with E-state index < -0.39 is 0 Å². The summed E-state index contributed by atoms with van der Waals surface area (Å²) < 4.78 is 18.9. The second-order valence-electron chi connectivity index (χ2n) is 5.94. The predicted octanol–water partition coefficient (Wildman–Crippen LogP) is 4.18. The molecule has 0 aliphatic carbocycles. The van der Waals surface area contributed by atoms with Gasteiger partial charge in [0, 0.05) is 6.92 Å². The molecule has 1 aromatic heterocycles. The first-order valence-electron chi connectivity index (χ1n) is 7.94. The highest BCUT2D eigenvalue weighted by Gasteiger charge is 2.13. The van der Waals surface area contributed by atoms with E-state index in [-0.39, 0.29) is 23.8 Å². The lowest BCUT2D eigenvalue weighted by molar-refractivity contribution is -0.114. The number of ether oxygens (including phenoxy) is 1. The molecule has 0 atom stereocenters. The Kier molecular flexibility index (Phi) is 4.61. The van der Waals surface area contributed by atoms with Crippen LogP contribution in [-0.4, -0.2) is 22.0 Å². The van der Waals surface area contributed by atoms with Crippen LogP contribution in [0.4, 0.5) is 10.3 Å². The molecule has 0 unspecified atom stereocenters. The summed E-state index contributed by atoms with van der Waals surface area (Å²) in [4.78, 5) is 19.9. The van der Waals surface area contributed by atoms with Gasteiger partial charge < -0.3 is 4.74 Å². The zero-order valence-corrected chi connectivity index (χ0v) is 14.2. The molecule has 3 aromatic rings. The number of fused-ring (bicyclic) bond motifs is 1. The van der Waals surface area contributed by atoms with Crippen LogP contribution in [0.3, 0.4) is 0 Å². The zero-order chi connectivity index (χ0) is 18.0. The van der Waals surface area contributed by atoms with Gasteiger partial charge >= 0.3 is 0 Å². The van der Waals surface area contributed by atoms with Crippen LogP contribution in [-0.2, 0) is 4.79 Å². The minimum absolute atomic E-state index is 0.0854. The Bertz CT molecular complexity index is 924. The molecule has 3 rings (SSSR count). The van der Waals surface area contributed by atoms with Crippen molar-refractivity contribution in [1.29, 1.82) is 0 Å². The van der Waals surface area contributed by atoms with Gasteiger partial charge in [0.15, 0.2) is 0 Å². The fourth-order valence-corrected chi connectivity index (χ4v) is 2.45. The SMILES string of the molecule is CC(=O)Nc1nc(OC(C)C)c2cc(-c3ccc(F)cc3)ccc2n1. The molecule has 0 radical (unpaired) electrons. The van der Waals surface area contributed by atoms with Crippen LogP contribution in [0, 0.1) is 5.82 Å². The van der Waals surface area contributed by atoms with Crippen molar-refractivity contribution in [2.45, 2.75) is 26.9 Å². The largest absolute Gasteiger partial charge is 0.474 e. The number of carbonyl (C=O) groups excluding carboxylic acids is 1. The lowest BCUT2D eigenvalue weighted by atomic mass is 10.0. The second-order valence-corrected chi connectivity index (χ2v) is 5.94. The molecule has 2 aromatic carbocycles. The van der Waals surface area contributed by atoms with Gasteiger partial charge in [-0.3, -0.25) is 10.1 Å². The van der Waals surface area contributed by atoms with Crippen LogP contribution in [0.2, 0.25) is 0 Å². The summed E-state index contributed by atoms with van der Waals surface area (Å²) in [6, 6.07) is 11.9. The van der Waals surface area contributed by atoms with Crippen LogP contribution in [0.1, 0.15) is 20.8 Å². The molecule has 5 nitrogen and oxygen atoms in total. The minimum Gasteiger partial charge on any atom is -0.474 e. The molecule has 0 saturated heterocycles. The van der Waals surface area contributed by atoms with E-state index in [0.717, 1.165) is 16.5 Å². The summed E-state index contributed by atoms with van der Waals surface area (Å²) in [7, 11) is 0.